The van der Waals surface area contributed by atoms with Crippen LogP contribution in [-0.4, -0.2) is 17.0 Å². The van der Waals surface area contributed by atoms with Crippen LogP contribution < -0.4 is 0 Å². The van der Waals surface area contributed by atoms with Crippen LogP contribution in [0.1, 0.15) is 105 Å². The van der Waals surface area contributed by atoms with E-state index in [1.165, 1.54) is 44.9 Å². The summed E-state index contributed by atoms with van der Waals surface area (Å²) in [4.78, 5) is 13.2. The van der Waals surface area contributed by atoms with Crippen LogP contribution in [0.4, 0.5) is 0 Å². The molecule has 29 heavy (non-hydrogen) atoms. The van der Waals surface area contributed by atoms with Gasteiger partial charge < -0.3 is 5.11 Å². The molecule has 0 amide bonds. The molecular formula is C27H46O2. The van der Waals surface area contributed by atoms with E-state index in [1.54, 1.807) is 0 Å². The summed E-state index contributed by atoms with van der Waals surface area (Å²) in [5, 5.41) is 10.2. The van der Waals surface area contributed by atoms with E-state index in [-0.39, 0.29) is 17.4 Å². The minimum absolute atomic E-state index is 0.129. The topological polar surface area (TPSA) is 37.3 Å². The number of carbonyl (C=O) groups is 1. The molecule has 4 saturated carbocycles. The van der Waals surface area contributed by atoms with Crippen molar-refractivity contribution in [3.05, 3.63) is 0 Å². The minimum atomic E-state index is -0.245. The molecule has 1 N–H and O–H groups in total. The van der Waals surface area contributed by atoms with Gasteiger partial charge in [0.25, 0.3) is 0 Å². The zero-order chi connectivity index (χ0) is 21.0. The Morgan fingerprint density at radius 1 is 0.966 bits per heavy atom. The summed E-state index contributed by atoms with van der Waals surface area (Å²) in [6, 6.07) is 0. The zero-order valence-electron chi connectivity index (χ0n) is 19.8. The molecule has 2 heteroatoms. The fraction of sp³-hybridized carbons (Fsp3) is 0.963. The maximum atomic E-state index is 13.2. The van der Waals surface area contributed by atoms with Gasteiger partial charge in [0.15, 0.2) is 0 Å². The van der Waals surface area contributed by atoms with Gasteiger partial charge in [-0.3, -0.25) is 4.79 Å². The second kappa shape index (κ2) is 7.95. The van der Waals surface area contributed by atoms with Crippen molar-refractivity contribution in [3.63, 3.8) is 0 Å². The third kappa shape index (κ3) is 3.64. The molecule has 0 unspecified atom stereocenters. The number of hydrogen-bond donors (Lipinski definition) is 1. The molecule has 4 aliphatic rings. The predicted molar refractivity (Wildman–Crippen MR) is 119 cm³/mol. The molecule has 0 aliphatic heterocycles. The van der Waals surface area contributed by atoms with E-state index in [4.69, 9.17) is 0 Å². The van der Waals surface area contributed by atoms with Crippen LogP contribution >= 0.6 is 0 Å². The van der Waals surface area contributed by atoms with Gasteiger partial charge in [-0.2, -0.15) is 0 Å². The Morgan fingerprint density at radius 3 is 2.38 bits per heavy atom. The van der Waals surface area contributed by atoms with Crippen molar-refractivity contribution in [1.29, 1.82) is 0 Å². The number of fused-ring (bicyclic) bond motifs is 5. The average Bonchev–Trinajstić information content (AvgIpc) is 3.00. The lowest BCUT2D eigenvalue weighted by atomic mass is 9.44. The molecule has 0 heterocycles. The minimum Gasteiger partial charge on any atom is -0.393 e. The number of aliphatic hydroxyl groups excluding tert-OH is 1. The van der Waals surface area contributed by atoms with Crippen LogP contribution in [-0.2, 0) is 4.79 Å². The van der Waals surface area contributed by atoms with E-state index in [2.05, 4.69) is 34.6 Å². The first kappa shape index (κ1) is 21.8. The van der Waals surface area contributed by atoms with Crippen LogP contribution in [0.3, 0.4) is 0 Å². The van der Waals surface area contributed by atoms with Crippen molar-refractivity contribution in [2.75, 3.05) is 0 Å². The second-order valence-electron chi connectivity index (χ2n) is 12.6. The maximum Gasteiger partial charge on any atom is 0.136 e. The number of hydrogen-bond acceptors (Lipinski definition) is 2. The molecule has 4 aliphatic carbocycles. The van der Waals surface area contributed by atoms with Crippen molar-refractivity contribution < 1.29 is 9.90 Å². The summed E-state index contributed by atoms with van der Waals surface area (Å²) in [6.07, 6.45) is 12.8. The van der Waals surface area contributed by atoms with E-state index in [1.807, 2.05) is 0 Å². The number of carbonyl (C=O) groups excluding carboxylic acids is 1. The van der Waals surface area contributed by atoms with Crippen molar-refractivity contribution in [1.82, 2.24) is 0 Å². The van der Waals surface area contributed by atoms with Crippen molar-refractivity contribution in [3.8, 4) is 0 Å². The Balaban J connectivity index is 1.50. The summed E-state index contributed by atoms with van der Waals surface area (Å²) >= 11 is 0. The zero-order valence-corrected chi connectivity index (χ0v) is 19.8. The first-order valence-corrected chi connectivity index (χ1v) is 12.9. The Bertz CT molecular complexity index is 612. The molecule has 0 aromatic rings. The molecule has 0 aromatic heterocycles. The molecule has 9 atom stereocenters. The monoisotopic (exact) mass is 402 g/mol. The number of rotatable bonds is 5. The highest BCUT2D eigenvalue weighted by Gasteiger charge is 2.62. The predicted octanol–water partition coefficient (Wildman–Crippen LogP) is 6.65. The lowest BCUT2D eigenvalue weighted by Crippen LogP contribution is -2.57. The van der Waals surface area contributed by atoms with Gasteiger partial charge in [-0.25, -0.2) is 0 Å². The SMILES string of the molecule is CC(C)CCC[C@@H](C)[C@@H]1CC[C@@H]2[C@H]3CC(=O)[C@H]4C[C@@H](O)CC[C@]4(C)[C@@H]3CC[C@@]21C. The van der Waals surface area contributed by atoms with Gasteiger partial charge in [-0.1, -0.05) is 53.9 Å². The van der Waals surface area contributed by atoms with Crippen LogP contribution in [0, 0.1) is 52.3 Å². The largest absolute Gasteiger partial charge is 0.393 e. The van der Waals surface area contributed by atoms with Crippen LogP contribution in [0.5, 0.6) is 0 Å². The second-order valence-corrected chi connectivity index (χ2v) is 12.6. The molecule has 0 spiro atoms. The third-order valence-electron chi connectivity index (χ3n) is 10.6. The van der Waals surface area contributed by atoms with Gasteiger partial charge in [-0.05, 0) is 91.3 Å². The Hall–Kier alpha value is -0.370. The Kier molecular flexibility index (Phi) is 5.99. The Morgan fingerprint density at radius 2 is 1.66 bits per heavy atom. The molecule has 4 fully saturated rings. The van der Waals surface area contributed by atoms with Crippen molar-refractivity contribution >= 4 is 5.78 Å². The molecule has 2 nitrogen and oxygen atoms in total. The van der Waals surface area contributed by atoms with Crippen LogP contribution in [0.2, 0.25) is 0 Å². The van der Waals surface area contributed by atoms with Gasteiger partial charge in [0.05, 0.1) is 6.10 Å². The Labute approximate surface area is 179 Å². The summed E-state index contributed by atoms with van der Waals surface area (Å²) in [5.74, 6) is 5.21. The molecule has 0 aromatic carbocycles. The highest BCUT2D eigenvalue weighted by atomic mass is 16.3. The molecule has 0 saturated heterocycles. The van der Waals surface area contributed by atoms with Gasteiger partial charge in [-0.15, -0.1) is 0 Å². The average molecular weight is 403 g/mol. The van der Waals surface area contributed by atoms with E-state index >= 15 is 0 Å². The van der Waals surface area contributed by atoms with Crippen LogP contribution in [0.15, 0.2) is 0 Å². The number of ketones is 1. The molecule has 0 bridgehead atoms. The lowest BCUT2D eigenvalue weighted by molar-refractivity contribution is -0.160. The first-order chi connectivity index (χ1) is 13.7. The van der Waals surface area contributed by atoms with Gasteiger partial charge >= 0.3 is 0 Å². The van der Waals surface area contributed by atoms with E-state index in [0.29, 0.717) is 23.0 Å². The van der Waals surface area contributed by atoms with Crippen molar-refractivity contribution in [2.24, 2.45) is 52.3 Å². The number of Topliss-reactive ketones (excluding diaryl/α,β-unsaturated/α-hetero) is 1. The summed E-state index contributed by atoms with van der Waals surface area (Å²) in [7, 11) is 0. The summed E-state index contributed by atoms with van der Waals surface area (Å²) in [5.41, 5.74) is 0.609. The van der Waals surface area contributed by atoms with Crippen LogP contribution in [0.25, 0.3) is 0 Å². The molecule has 166 valence electrons. The van der Waals surface area contributed by atoms with Crippen molar-refractivity contribution in [2.45, 2.75) is 111 Å². The molecular weight excluding hydrogens is 356 g/mol. The van der Waals surface area contributed by atoms with Gasteiger partial charge in [0.1, 0.15) is 5.78 Å². The van der Waals surface area contributed by atoms with Gasteiger partial charge in [0, 0.05) is 12.3 Å². The molecule has 4 rings (SSSR count). The standard InChI is InChI=1S/C27H46O2/c1-17(2)7-6-8-18(3)21-9-10-22-20-16-25(29)24-15-19(28)11-13-27(24,5)23(20)12-14-26(21,22)4/h17-24,28H,6-16H2,1-5H3/t18-,19+,20-,21+,22-,23-,24-,26-,27-/m1/s1. The highest BCUT2D eigenvalue weighted by molar-refractivity contribution is 5.83. The fourth-order valence-corrected chi connectivity index (χ4v) is 9.04. The van der Waals surface area contributed by atoms with Gasteiger partial charge in [0.2, 0.25) is 0 Å². The lowest BCUT2D eigenvalue weighted by Gasteiger charge is -2.60. The normalized spacial score (nSPS) is 48.2. The maximum absolute atomic E-state index is 13.2. The third-order valence-corrected chi connectivity index (χ3v) is 10.6. The quantitative estimate of drug-likeness (QED) is 0.559. The molecule has 0 radical (unpaired) electrons. The van der Waals surface area contributed by atoms with E-state index < -0.39 is 0 Å². The smallest absolute Gasteiger partial charge is 0.136 e. The highest BCUT2D eigenvalue weighted by Crippen LogP contribution is 2.67. The summed E-state index contributed by atoms with van der Waals surface area (Å²) < 4.78 is 0. The summed E-state index contributed by atoms with van der Waals surface area (Å²) in [6.45, 7) is 12.2. The van der Waals surface area contributed by atoms with E-state index in [0.717, 1.165) is 49.4 Å². The first-order valence-electron chi connectivity index (χ1n) is 12.9. The fourth-order valence-electron chi connectivity index (χ4n) is 9.04. The number of aliphatic hydroxyl groups is 1. The van der Waals surface area contributed by atoms with E-state index in [9.17, 15) is 9.90 Å².